The van der Waals surface area contributed by atoms with Gasteiger partial charge in [-0.3, -0.25) is 0 Å². The normalized spacial score (nSPS) is 15.5. The molecule has 2 heterocycles. The van der Waals surface area contributed by atoms with Gasteiger partial charge in [-0.05, 0) is 12.5 Å². The number of esters is 3. The summed E-state index contributed by atoms with van der Waals surface area (Å²) in [6, 6.07) is 7.44. The van der Waals surface area contributed by atoms with Gasteiger partial charge in [-0.25, -0.2) is 23.9 Å². The molecule has 1 aliphatic heterocycles. The zero-order valence-electron chi connectivity index (χ0n) is 17.6. The lowest BCUT2D eigenvalue weighted by Crippen LogP contribution is -2.47. The molecule has 2 N–H and O–H groups in total. The number of methoxy groups -OCH3 is 2. The number of rotatable bonds is 7. The van der Waals surface area contributed by atoms with Gasteiger partial charge >= 0.3 is 23.9 Å². The first kappa shape index (κ1) is 22.5. The van der Waals surface area contributed by atoms with Crippen molar-refractivity contribution in [2.24, 2.45) is 0 Å². The lowest BCUT2D eigenvalue weighted by Gasteiger charge is -2.29. The van der Waals surface area contributed by atoms with E-state index >= 15 is 0 Å². The first-order valence-electron chi connectivity index (χ1n) is 9.53. The van der Waals surface area contributed by atoms with E-state index in [1.165, 1.54) is 0 Å². The molecule has 12 nitrogen and oxygen atoms in total. The Kier molecular flexibility index (Phi) is 6.83. The minimum Gasteiger partial charge on any atom is -0.464 e. The van der Waals surface area contributed by atoms with Crippen LogP contribution < -0.4 is 10.6 Å². The van der Waals surface area contributed by atoms with Gasteiger partial charge in [0.1, 0.15) is 0 Å². The number of hydrogen-bond acceptors (Lipinski definition) is 9. The molecule has 1 aromatic carbocycles. The van der Waals surface area contributed by atoms with E-state index in [0.717, 1.165) is 18.9 Å². The van der Waals surface area contributed by atoms with Gasteiger partial charge in [-0.1, -0.05) is 35.5 Å². The third kappa shape index (κ3) is 4.43. The number of carbonyl (C=O) groups excluding carboxylic acids is 4. The van der Waals surface area contributed by atoms with Crippen LogP contribution in [-0.4, -0.2) is 59.8 Å². The van der Waals surface area contributed by atoms with Crippen molar-refractivity contribution < 1.29 is 33.4 Å². The van der Waals surface area contributed by atoms with E-state index in [-0.39, 0.29) is 35.8 Å². The van der Waals surface area contributed by atoms with Crippen LogP contribution in [0.3, 0.4) is 0 Å². The number of benzene rings is 1. The van der Waals surface area contributed by atoms with Gasteiger partial charge < -0.3 is 24.8 Å². The fraction of sp³-hybridized carbons (Fsp3) is 0.300. The van der Waals surface area contributed by atoms with Crippen LogP contribution in [0.1, 0.15) is 39.5 Å². The van der Waals surface area contributed by atoms with E-state index in [9.17, 15) is 19.2 Å². The second-order valence-corrected chi connectivity index (χ2v) is 6.48. The molecule has 1 aliphatic rings. The monoisotopic (exact) mass is 443 g/mol. The number of nitrogens with one attached hydrogen (secondary N) is 2. The van der Waals surface area contributed by atoms with Crippen molar-refractivity contribution in [3.05, 3.63) is 58.6 Å². The molecule has 1 atom stereocenters. The minimum absolute atomic E-state index is 0.105. The van der Waals surface area contributed by atoms with Crippen molar-refractivity contribution in [3.63, 3.8) is 0 Å². The molecule has 0 aliphatic carbocycles. The average Bonchev–Trinajstić information content (AvgIpc) is 3.21. The molecule has 1 aromatic heterocycles. The predicted octanol–water partition coefficient (Wildman–Crippen LogP) is 0.723. The molecule has 0 bridgehead atoms. The highest BCUT2D eigenvalue weighted by Gasteiger charge is 2.35. The lowest BCUT2D eigenvalue weighted by molar-refractivity contribution is -0.139. The number of allylic oxidation sites excluding steroid dienone is 1. The summed E-state index contributed by atoms with van der Waals surface area (Å²) in [5.41, 5.74) is 0.220. The maximum atomic E-state index is 12.8. The van der Waals surface area contributed by atoms with Gasteiger partial charge in [0.2, 0.25) is 5.69 Å². The van der Waals surface area contributed by atoms with Crippen LogP contribution in [0, 0.1) is 0 Å². The van der Waals surface area contributed by atoms with Gasteiger partial charge in [0, 0.05) is 0 Å². The summed E-state index contributed by atoms with van der Waals surface area (Å²) in [4.78, 5) is 49.5. The topological polar surface area (TPSA) is 151 Å². The molecule has 12 heteroatoms. The molecule has 3 rings (SSSR count). The Morgan fingerprint density at radius 3 is 2.38 bits per heavy atom. The molecule has 0 saturated carbocycles. The van der Waals surface area contributed by atoms with E-state index in [2.05, 4.69) is 25.7 Å². The Balaban J connectivity index is 2.13. The number of ether oxygens (including phenoxy) is 3. The summed E-state index contributed by atoms with van der Waals surface area (Å²) in [6.07, 6.45) is 0. The fourth-order valence-electron chi connectivity index (χ4n) is 3.19. The zero-order chi connectivity index (χ0) is 23.3. The molecule has 2 amide bonds. The summed E-state index contributed by atoms with van der Waals surface area (Å²) < 4.78 is 15.6. The second kappa shape index (κ2) is 9.73. The van der Waals surface area contributed by atoms with Crippen molar-refractivity contribution in [2.75, 3.05) is 20.8 Å². The van der Waals surface area contributed by atoms with Gasteiger partial charge in [0.15, 0.2) is 5.69 Å². The molecule has 32 heavy (non-hydrogen) atoms. The molecule has 0 unspecified atom stereocenters. The molecular weight excluding hydrogens is 422 g/mol. The maximum Gasteiger partial charge on any atom is 0.361 e. The van der Waals surface area contributed by atoms with E-state index in [0.29, 0.717) is 5.56 Å². The molecule has 0 fully saturated rings. The van der Waals surface area contributed by atoms with E-state index in [1.54, 1.807) is 37.3 Å². The zero-order valence-corrected chi connectivity index (χ0v) is 17.6. The number of carbonyl (C=O) groups is 4. The Morgan fingerprint density at radius 2 is 1.75 bits per heavy atom. The molecule has 0 saturated heterocycles. The SMILES string of the molecule is CCOC(=O)C1=C(Cn2nnc(C(=O)OC)c2C(=O)OC)NC(=O)N[C@@H]1c1ccccc1. The number of nitrogens with zero attached hydrogens (tertiary/aromatic N) is 3. The highest BCUT2D eigenvalue weighted by molar-refractivity contribution is 6.00. The van der Waals surface area contributed by atoms with Gasteiger partial charge in [-0.2, -0.15) is 0 Å². The summed E-state index contributed by atoms with van der Waals surface area (Å²) in [5, 5.41) is 12.8. The Labute approximate surface area is 182 Å². The van der Waals surface area contributed by atoms with Crippen molar-refractivity contribution >= 4 is 23.9 Å². The lowest BCUT2D eigenvalue weighted by atomic mass is 9.95. The van der Waals surface area contributed by atoms with Crippen LogP contribution in [0.25, 0.3) is 0 Å². The second-order valence-electron chi connectivity index (χ2n) is 6.48. The third-order valence-electron chi connectivity index (χ3n) is 4.58. The van der Waals surface area contributed by atoms with Crippen molar-refractivity contribution in [1.82, 2.24) is 25.6 Å². The summed E-state index contributed by atoms with van der Waals surface area (Å²) in [7, 11) is 2.25. The highest BCUT2D eigenvalue weighted by Crippen LogP contribution is 2.28. The maximum absolute atomic E-state index is 12.8. The quantitative estimate of drug-likeness (QED) is 0.466. The smallest absolute Gasteiger partial charge is 0.361 e. The predicted molar refractivity (Wildman–Crippen MR) is 107 cm³/mol. The number of hydrogen-bond donors (Lipinski definition) is 2. The van der Waals surface area contributed by atoms with Crippen LogP contribution in [0.2, 0.25) is 0 Å². The van der Waals surface area contributed by atoms with Gasteiger partial charge in [0.05, 0.1) is 44.7 Å². The van der Waals surface area contributed by atoms with E-state index < -0.39 is 30.0 Å². The molecular formula is C20H21N5O7. The largest absolute Gasteiger partial charge is 0.464 e. The first-order valence-corrected chi connectivity index (χ1v) is 9.53. The van der Waals surface area contributed by atoms with Gasteiger partial charge in [-0.15, -0.1) is 5.10 Å². The van der Waals surface area contributed by atoms with Crippen LogP contribution in [-0.2, 0) is 25.5 Å². The average molecular weight is 443 g/mol. The number of aromatic nitrogens is 3. The highest BCUT2D eigenvalue weighted by atomic mass is 16.5. The van der Waals surface area contributed by atoms with Crippen LogP contribution in [0.5, 0.6) is 0 Å². The first-order chi connectivity index (χ1) is 15.4. The van der Waals surface area contributed by atoms with Crippen molar-refractivity contribution in [1.29, 1.82) is 0 Å². The van der Waals surface area contributed by atoms with E-state index in [1.807, 2.05) is 0 Å². The number of amides is 2. The van der Waals surface area contributed by atoms with Gasteiger partial charge in [0.25, 0.3) is 0 Å². The Hall–Kier alpha value is -4.22. The summed E-state index contributed by atoms with van der Waals surface area (Å²) >= 11 is 0. The molecule has 0 radical (unpaired) electrons. The van der Waals surface area contributed by atoms with Crippen molar-refractivity contribution in [2.45, 2.75) is 19.5 Å². The van der Waals surface area contributed by atoms with Crippen molar-refractivity contribution in [3.8, 4) is 0 Å². The summed E-state index contributed by atoms with van der Waals surface area (Å²) in [5.74, 6) is -2.46. The van der Waals surface area contributed by atoms with Crippen LogP contribution in [0.4, 0.5) is 4.79 Å². The van der Waals surface area contributed by atoms with E-state index in [4.69, 9.17) is 9.47 Å². The minimum atomic E-state index is -0.896. The third-order valence-corrected chi connectivity index (χ3v) is 4.58. The Morgan fingerprint density at radius 1 is 1.06 bits per heavy atom. The van der Waals surface area contributed by atoms with Crippen LogP contribution >= 0.6 is 0 Å². The Bertz CT molecular complexity index is 1080. The molecule has 168 valence electrons. The molecule has 0 spiro atoms. The molecule has 2 aromatic rings. The number of urea groups is 1. The standard InChI is InChI=1S/C20H21N5O7/c1-4-32-17(26)13-12(21-20(29)22-14(13)11-8-6-5-7-9-11)10-25-16(19(28)31-3)15(23-24-25)18(27)30-2/h5-9,14H,4,10H2,1-3H3,(H2,21,22,29)/t14-/m1/s1. The van der Waals surface area contributed by atoms with Crippen LogP contribution in [0.15, 0.2) is 41.6 Å². The summed E-state index contributed by atoms with van der Waals surface area (Å²) in [6.45, 7) is 1.48. The fourth-order valence-corrected chi connectivity index (χ4v) is 3.19.